The summed E-state index contributed by atoms with van der Waals surface area (Å²) in [6, 6.07) is 4.55. The average molecular weight is 245 g/mol. The lowest BCUT2D eigenvalue weighted by Crippen LogP contribution is -2.40. The number of nitrogens with one attached hydrogen (secondary N) is 1. The summed E-state index contributed by atoms with van der Waals surface area (Å²) >= 11 is 0. The number of ether oxygens (including phenoxy) is 1. The number of alkyl carbamates (subject to hydrolysis) is 1. The van der Waals surface area contributed by atoms with Gasteiger partial charge in [-0.25, -0.2) is 13.6 Å². The Bertz CT molecular complexity index is 345. The van der Waals surface area contributed by atoms with Crippen LogP contribution >= 0.6 is 0 Å². The average Bonchev–Trinajstić information content (AvgIpc) is 2.15. The first-order valence-corrected chi connectivity index (χ1v) is 5.02. The topological polar surface area (TPSA) is 38.3 Å². The molecule has 0 aromatic heterocycles. The minimum atomic E-state index is -0.537. The predicted octanol–water partition coefficient (Wildman–Crippen LogP) is 3.11. The van der Waals surface area contributed by atoms with Crippen molar-refractivity contribution in [2.45, 2.75) is 26.3 Å². The Morgan fingerprint density at radius 3 is 1.88 bits per heavy atom. The second-order valence-corrected chi connectivity index (χ2v) is 4.31. The van der Waals surface area contributed by atoms with E-state index in [1.807, 2.05) is 20.8 Å². The molecule has 1 N–H and O–H groups in total. The van der Waals surface area contributed by atoms with E-state index in [0.29, 0.717) is 0 Å². The van der Waals surface area contributed by atoms with E-state index in [1.54, 1.807) is 0 Å². The van der Waals surface area contributed by atoms with Crippen LogP contribution in [0.1, 0.15) is 20.8 Å². The van der Waals surface area contributed by atoms with E-state index in [2.05, 4.69) is 10.1 Å². The third-order valence-corrected chi connectivity index (χ3v) is 1.45. The Morgan fingerprint density at radius 1 is 1.24 bits per heavy atom. The molecule has 1 rings (SSSR count). The van der Waals surface area contributed by atoms with Gasteiger partial charge in [0.05, 0.1) is 7.11 Å². The van der Waals surface area contributed by atoms with Gasteiger partial charge in [-0.3, -0.25) is 0 Å². The highest BCUT2D eigenvalue weighted by molar-refractivity contribution is 5.67. The molecule has 0 atom stereocenters. The van der Waals surface area contributed by atoms with Gasteiger partial charge in [-0.2, -0.15) is 0 Å². The molecule has 3 nitrogen and oxygen atoms in total. The summed E-state index contributed by atoms with van der Waals surface area (Å²) in [5.74, 6) is -1.07. The first-order valence-electron chi connectivity index (χ1n) is 5.02. The van der Waals surface area contributed by atoms with Crippen molar-refractivity contribution in [1.29, 1.82) is 0 Å². The predicted molar refractivity (Wildman–Crippen MR) is 61.7 cm³/mol. The van der Waals surface area contributed by atoms with E-state index in [9.17, 15) is 13.6 Å². The molecule has 1 amide bonds. The van der Waals surface area contributed by atoms with Crippen molar-refractivity contribution in [3.8, 4) is 0 Å². The summed E-state index contributed by atoms with van der Waals surface area (Å²) in [5.41, 5.74) is -0.201. The number of amides is 1. The first kappa shape index (κ1) is 15.3. The zero-order valence-corrected chi connectivity index (χ0v) is 10.4. The van der Waals surface area contributed by atoms with Crippen LogP contribution in [-0.4, -0.2) is 18.7 Å². The molecule has 17 heavy (non-hydrogen) atoms. The second kappa shape index (κ2) is 6.83. The summed E-state index contributed by atoms with van der Waals surface area (Å²) in [6.07, 6.45) is -0.387. The van der Waals surface area contributed by atoms with Crippen LogP contribution in [0.15, 0.2) is 24.3 Å². The Kier molecular flexibility index (Phi) is 6.17. The summed E-state index contributed by atoms with van der Waals surface area (Å²) < 4.78 is 28.2. The molecule has 0 fully saturated rings. The molecule has 1 aromatic carbocycles. The second-order valence-electron chi connectivity index (χ2n) is 4.31. The fraction of sp³-hybridized carbons (Fsp3) is 0.417. The summed E-state index contributed by atoms with van der Waals surface area (Å²) in [7, 11) is 1.35. The fourth-order valence-electron chi connectivity index (χ4n) is 0.817. The number of carbonyl (C=O) groups excluding carboxylic acids is 1. The Balaban J connectivity index is 0.000000302. The van der Waals surface area contributed by atoms with Gasteiger partial charge in [-0.05, 0) is 32.9 Å². The molecule has 0 aliphatic rings. The molecule has 5 heteroatoms. The van der Waals surface area contributed by atoms with Gasteiger partial charge in [-0.1, -0.05) is 6.07 Å². The van der Waals surface area contributed by atoms with Crippen molar-refractivity contribution in [2.24, 2.45) is 0 Å². The minimum absolute atomic E-state index is 0.201. The zero-order valence-electron chi connectivity index (χ0n) is 10.4. The van der Waals surface area contributed by atoms with Crippen LogP contribution in [-0.2, 0) is 4.74 Å². The third-order valence-electron chi connectivity index (χ3n) is 1.45. The lowest BCUT2D eigenvalue weighted by molar-refractivity contribution is 0.161. The van der Waals surface area contributed by atoms with Gasteiger partial charge in [0.2, 0.25) is 0 Å². The van der Waals surface area contributed by atoms with Gasteiger partial charge < -0.3 is 10.1 Å². The van der Waals surface area contributed by atoms with Crippen LogP contribution in [0.4, 0.5) is 13.6 Å². The summed E-state index contributed by atoms with van der Waals surface area (Å²) in [4.78, 5) is 10.5. The molecule has 0 bridgehead atoms. The molecule has 0 saturated heterocycles. The van der Waals surface area contributed by atoms with Gasteiger partial charge in [-0.15, -0.1) is 0 Å². The van der Waals surface area contributed by atoms with Crippen LogP contribution < -0.4 is 5.32 Å². The molecule has 1 aromatic rings. The monoisotopic (exact) mass is 245 g/mol. The summed E-state index contributed by atoms with van der Waals surface area (Å²) in [6.45, 7) is 5.68. The zero-order chi connectivity index (χ0) is 13.5. The van der Waals surface area contributed by atoms with Crippen molar-refractivity contribution in [3.05, 3.63) is 35.9 Å². The van der Waals surface area contributed by atoms with Crippen LogP contribution in [0.25, 0.3) is 0 Å². The maximum atomic E-state index is 11.9. The van der Waals surface area contributed by atoms with E-state index in [0.717, 1.165) is 6.07 Å². The lowest BCUT2D eigenvalue weighted by Gasteiger charge is -2.18. The number of hydrogen-bond acceptors (Lipinski definition) is 2. The van der Waals surface area contributed by atoms with Gasteiger partial charge in [0, 0.05) is 11.6 Å². The highest BCUT2D eigenvalue weighted by Crippen LogP contribution is 1.99. The van der Waals surface area contributed by atoms with E-state index in [1.165, 1.54) is 25.3 Å². The smallest absolute Gasteiger partial charge is 0.407 e. The van der Waals surface area contributed by atoms with Crippen LogP contribution in [0, 0.1) is 11.6 Å². The molecule has 0 saturated carbocycles. The highest BCUT2D eigenvalue weighted by Gasteiger charge is 2.12. The van der Waals surface area contributed by atoms with Gasteiger partial charge in [0.15, 0.2) is 0 Å². The van der Waals surface area contributed by atoms with Crippen molar-refractivity contribution in [3.63, 3.8) is 0 Å². The fourth-order valence-corrected chi connectivity index (χ4v) is 0.817. The standard InChI is InChI=1S/C6H4F2.C6H13NO2/c7-5-2-1-3-6(8)4-5;1-6(2,3)7-5(8)9-4/h1-4H;1-4H3,(H,7,8). The highest BCUT2D eigenvalue weighted by atomic mass is 19.1. The molecule has 0 unspecified atom stereocenters. The van der Waals surface area contributed by atoms with E-state index in [4.69, 9.17) is 0 Å². The van der Waals surface area contributed by atoms with E-state index < -0.39 is 11.6 Å². The number of hydrogen-bond donors (Lipinski definition) is 1. The Hall–Kier alpha value is -1.65. The van der Waals surface area contributed by atoms with Crippen LogP contribution in [0.3, 0.4) is 0 Å². The summed E-state index contributed by atoms with van der Waals surface area (Å²) in [5, 5.41) is 2.61. The largest absolute Gasteiger partial charge is 0.453 e. The van der Waals surface area contributed by atoms with Crippen molar-refractivity contribution >= 4 is 6.09 Å². The van der Waals surface area contributed by atoms with Gasteiger partial charge in [0.1, 0.15) is 11.6 Å². The van der Waals surface area contributed by atoms with Crippen LogP contribution in [0.2, 0.25) is 0 Å². The van der Waals surface area contributed by atoms with Crippen molar-refractivity contribution in [1.82, 2.24) is 5.32 Å². The minimum Gasteiger partial charge on any atom is -0.453 e. The Morgan fingerprint density at radius 2 is 1.71 bits per heavy atom. The molecule has 96 valence electrons. The molecule has 0 aliphatic heterocycles. The van der Waals surface area contributed by atoms with E-state index >= 15 is 0 Å². The third kappa shape index (κ3) is 9.29. The first-order chi connectivity index (χ1) is 7.74. The number of methoxy groups -OCH3 is 1. The molecule has 0 aliphatic carbocycles. The maximum Gasteiger partial charge on any atom is 0.407 e. The lowest BCUT2D eigenvalue weighted by atomic mass is 10.1. The number of rotatable bonds is 0. The quantitative estimate of drug-likeness (QED) is 0.762. The Labute approximate surface area is 99.8 Å². The van der Waals surface area contributed by atoms with Crippen molar-refractivity contribution < 1.29 is 18.3 Å². The maximum absolute atomic E-state index is 11.9. The van der Waals surface area contributed by atoms with E-state index in [-0.39, 0.29) is 11.6 Å². The van der Waals surface area contributed by atoms with Crippen molar-refractivity contribution in [2.75, 3.05) is 7.11 Å². The molecule has 0 radical (unpaired) electrons. The molecular weight excluding hydrogens is 228 g/mol. The SMILES string of the molecule is COC(=O)NC(C)(C)C.Fc1cccc(F)c1. The number of halogens is 2. The normalized spacial score (nSPS) is 10.0. The number of carbonyl (C=O) groups is 1. The number of benzene rings is 1. The van der Waals surface area contributed by atoms with Gasteiger partial charge >= 0.3 is 6.09 Å². The van der Waals surface area contributed by atoms with Gasteiger partial charge in [0.25, 0.3) is 0 Å². The van der Waals surface area contributed by atoms with Crippen LogP contribution in [0.5, 0.6) is 0 Å². The molecule has 0 heterocycles. The molecular formula is C12H17F2NO2. The molecule has 0 spiro atoms.